The molecule has 5 heteroatoms. The maximum atomic E-state index is 12.5. The number of rotatable bonds is 7. The molecule has 3 aromatic rings. The second-order valence-corrected chi connectivity index (χ2v) is 6.43. The first-order valence-corrected chi connectivity index (χ1v) is 9.10. The van der Waals surface area contributed by atoms with Gasteiger partial charge in [0.2, 0.25) is 0 Å². The summed E-state index contributed by atoms with van der Waals surface area (Å²) in [6.45, 7) is 6.10. The first-order valence-electron chi connectivity index (χ1n) is 9.10. The van der Waals surface area contributed by atoms with Crippen LogP contribution in [0.2, 0.25) is 0 Å². The highest BCUT2D eigenvalue weighted by molar-refractivity contribution is 5.92. The summed E-state index contributed by atoms with van der Waals surface area (Å²) in [4.78, 5) is 23.1. The molecule has 0 bridgehead atoms. The van der Waals surface area contributed by atoms with Gasteiger partial charge in [0.25, 0.3) is 5.91 Å². The molecule has 0 fully saturated rings. The van der Waals surface area contributed by atoms with Gasteiger partial charge in [0.15, 0.2) is 0 Å². The van der Waals surface area contributed by atoms with Crippen molar-refractivity contribution in [2.75, 3.05) is 11.4 Å². The van der Waals surface area contributed by atoms with E-state index in [0.29, 0.717) is 12.2 Å². The Morgan fingerprint density at radius 3 is 2.52 bits per heavy atom. The molecule has 0 unspecified atom stereocenters. The number of amides is 1. The van der Waals surface area contributed by atoms with Crippen molar-refractivity contribution in [3.8, 4) is 0 Å². The lowest BCUT2D eigenvalue weighted by Crippen LogP contribution is -2.26. The molecule has 0 aliphatic rings. The number of carbonyl (C=O) groups is 1. The average molecular weight is 360 g/mol. The largest absolute Gasteiger partial charge is 0.352 e. The van der Waals surface area contributed by atoms with Crippen molar-refractivity contribution in [2.45, 2.75) is 26.9 Å². The van der Waals surface area contributed by atoms with Crippen molar-refractivity contribution >= 4 is 11.7 Å². The van der Waals surface area contributed by atoms with E-state index >= 15 is 0 Å². The van der Waals surface area contributed by atoms with Gasteiger partial charge in [-0.05, 0) is 25.0 Å². The van der Waals surface area contributed by atoms with Crippen LogP contribution in [0.1, 0.15) is 34.1 Å². The monoisotopic (exact) mass is 360 g/mol. The maximum absolute atomic E-state index is 12.5. The van der Waals surface area contributed by atoms with Crippen LogP contribution < -0.4 is 10.2 Å². The van der Waals surface area contributed by atoms with Crippen LogP contribution in [0.4, 0.5) is 5.82 Å². The summed E-state index contributed by atoms with van der Waals surface area (Å²) in [6.07, 6.45) is 1.45. The van der Waals surface area contributed by atoms with E-state index in [-0.39, 0.29) is 5.91 Å². The molecule has 1 heterocycles. The van der Waals surface area contributed by atoms with Crippen LogP contribution in [-0.4, -0.2) is 22.4 Å². The second-order valence-electron chi connectivity index (χ2n) is 6.43. The van der Waals surface area contributed by atoms with Gasteiger partial charge in [-0.1, -0.05) is 60.2 Å². The molecule has 0 aliphatic carbocycles. The molecule has 0 saturated heterocycles. The zero-order valence-electron chi connectivity index (χ0n) is 15.7. The predicted molar refractivity (Wildman–Crippen MR) is 108 cm³/mol. The number of anilines is 1. The molecule has 0 spiro atoms. The number of nitrogens with zero attached hydrogens (tertiary/aromatic N) is 3. The van der Waals surface area contributed by atoms with Gasteiger partial charge < -0.3 is 10.2 Å². The van der Waals surface area contributed by atoms with Crippen LogP contribution in [0.3, 0.4) is 0 Å². The highest BCUT2D eigenvalue weighted by Crippen LogP contribution is 2.15. The molecule has 1 N–H and O–H groups in total. The van der Waals surface area contributed by atoms with Crippen molar-refractivity contribution < 1.29 is 4.79 Å². The molecular weight excluding hydrogens is 336 g/mol. The van der Waals surface area contributed by atoms with Crippen molar-refractivity contribution in [1.82, 2.24) is 15.3 Å². The summed E-state index contributed by atoms with van der Waals surface area (Å²) >= 11 is 0. The highest BCUT2D eigenvalue weighted by atomic mass is 16.1. The lowest BCUT2D eigenvalue weighted by molar-refractivity contribution is 0.0945. The first kappa shape index (κ1) is 18.6. The summed E-state index contributed by atoms with van der Waals surface area (Å²) in [7, 11) is 0. The molecule has 3 rings (SSSR count). The van der Waals surface area contributed by atoms with E-state index in [0.717, 1.165) is 24.5 Å². The number of aromatic nitrogens is 2. The molecule has 138 valence electrons. The van der Waals surface area contributed by atoms with Gasteiger partial charge in [-0.2, -0.15) is 0 Å². The molecule has 1 aromatic heterocycles. The number of hydrogen-bond donors (Lipinski definition) is 1. The summed E-state index contributed by atoms with van der Waals surface area (Å²) in [5, 5.41) is 2.93. The zero-order valence-corrected chi connectivity index (χ0v) is 15.7. The Morgan fingerprint density at radius 1 is 1.00 bits per heavy atom. The average Bonchev–Trinajstić information content (AvgIpc) is 2.71. The number of benzene rings is 2. The highest BCUT2D eigenvalue weighted by Gasteiger charge is 2.12. The van der Waals surface area contributed by atoms with Crippen LogP contribution in [0.15, 0.2) is 67.0 Å². The van der Waals surface area contributed by atoms with E-state index in [1.807, 2.05) is 43.3 Å². The van der Waals surface area contributed by atoms with E-state index in [1.165, 1.54) is 17.5 Å². The molecule has 0 radical (unpaired) electrons. The third kappa shape index (κ3) is 5.14. The van der Waals surface area contributed by atoms with E-state index < -0.39 is 0 Å². The molecule has 0 saturated carbocycles. The molecule has 0 atom stereocenters. The SMILES string of the molecule is CCN(Cc1ccccc1)c1cc(C(=O)NCc2cccc(C)c2)ncn1. The quantitative estimate of drug-likeness (QED) is 0.697. The van der Waals surface area contributed by atoms with Gasteiger partial charge in [-0.15, -0.1) is 0 Å². The Bertz CT molecular complexity index is 896. The zero-order chi connectivity index (χ0) is 19.1. The fraction of sp³-hybridized carbons (Fsp3) is 0.227. The van der Waals surface area contributed by atoms with Crippen molar-refractivity contribution in [2.24, 2.45) is 0 Å². The smallest absolute Gasteiger partial charge is 0.270 e. The van der Waals surface area contributed by atoms with Crippen molar-refractivity contribution in [1.29, 1.82) is 0 Å². The predicted octanol–water partition coefficient (Wildman–Crippen LogP) is 3.74. The number of carbonyl (C=O) groups excluding carboxylic acids is 1. The van der Waals surface area contributed by atoms with E-state index in [9.17, 15) is 4.79 Å². The van der Waals surface area contributed by atoms with Gasteiger partial charge in [0.05, 0.1) is 0 Å². The third-order valence-corrected chi connectivity index (χ3v) is 4.34. The summed E-state index contributed by atoms with van der Waals surface area (Å²) in [6, 6.07) is 20.0. The van der Waals surface area contributed by atoms with Gasteiger partial charge >= 0.3 is 0 Å². The normalized spacial score (nSPS) is 10.4. The summed E-state index contributed by atoms with van der Waals surface area (Å²) in [5.74, 6) is 0.549. The fourth-order valence-electron chi connectivity index (χ4n) is 2.90. The van der Waals surface area contributed by atoms with Crippen LogP contribution in [0, 0.1) is 6.92 Å². The van der Waals surface area contributed by atoms with Gasteiger partial charge in [0, 0.05) is 25.7 Å². The lowest BCUT2D eigenvalue weighted by Gasteiger charge is -2.22. The molecule has 2 aromatic carbocycles. The fourth-order valence-corrected chi connectivity index (χ4v) is 2.90. The number of nitrogens with one attached hydrogen (secondary N) is 1. The number of hydrogen-bond acceptors (Lipinski definition) is 4. The Balaban J connectivity index is 1.69. The van der Waals surface area contributed by atoms with E-state index in [2.05, 4.69) is 45.3 Å². The van der Waals surface area contributed by atoms with Crippen LogP contribution in [-0.2, 0) is 13.1 Å². The lowest BCUT2D eigenvalue weighted by atomic mass is 10.1. The van der Waals surface area contributed by atoms with Crippen molar-refractivity contribution in [3.05, 3.63) is 89.4 Å². The second kappa shape index (κ2) is 8.94. The van der Waals surface area contributed by atoms with Crippen LogP contribution in [0.25, 0.3) is 0 Å². The summed E-state index contributed by atoms with van der Waals surface area (Å²) < 4.78 is 0. The molecular formula is C22H24N4O. The molecule has 27 heavy (non-hydrogen) atoms. The van der Waals surface area contributed by atoms with Gasteiger partial charge in [-0.3, -0.25) is 4.79 Å². The van der Waals surface area contributed by atoms with Crippen LogP contribution >= 0.6 is 0 Å². The molecule has 5 nitrogen and oxygen atoms in total. The summed E-state index contributed by atoms with van der Waals surface area (Å²) in [5.41, 5.74) is 3.81. The van der Waals surface area contributed by atoms with Crippen LogP contribution in [0.5, 0.6) is 0 Å². The molecule has 1 amide bonds. The Morgan fingerprint density at radius 2 is 1.78 bits per heavy atom. The third-order valence-electron chi connectivity index (χ3n) is 4.34. The first-order chi connectivity index (χ1) is 13.2. The standard InChI is InChI=1S/C22H24N4O/c1-3-26(15-18-9-5-4-6-10-18)21-13-20(24-16-25-21)22(27)23-14-19-11-7-8-17(2)12-19/h4-13,16H,3,14-15H2,1-2H3,(H,23,27). The number of aryl methyl sites for hydroxylation is 1. The topological polar surface area (TPSA) is 58.1 Å². The minimum absolute atomic E-state index is 0.198. The van der Waals surface area contributed by atoms with Gasteiger partial charge in [0.1, 0.15) is 17.8 Å². The minimum Gasteiger partial charge on any atom is -0.352 e. The van der Waals surface area contributed by atoms with E-state index in [4.69, 9.17) is 0 Å². The maximum Gasteiger partial charge on any atom is 0.270 e. The van der Waals surface area contributed by atoms with Gasteiger partial charge in [-0.25, -0.2) is 9.97 Å². The Hall–Kier alpha value is -3.21. The minimum atomic E-state index is -0.198. The Labute approximate surface area is 160 Å². The van der Waals surface area contributed by atoms with E-state index in [1.54, 1.807) is 6.07 Å². The Kier molecular flexibility index (Phi) is 6.15. The molecule has 0 aliphatic heterocycles. The van der Waals surface area contributed by atoms with Crippen molar-refractivity contribution in [3.63, 3.8) is 0 Å².